The van der Waals surface area contributed by atoms with Crippen molar-refractivity contribution >= 4 is 17.9 Å². The fraction of sp³-hybridized carbons (Fsp3) is 0.400. The Hall–Kier alpha value is -3.23. The number of aromatic carboxylic acids is 1. The molecule has 0 saturated heterocycles. The maximum Gasteiger partial charge on any atom is 0.338 e. The van der Waals surface area contributed by atoms with Gasteiger partial charge in [-0.25, -0.2) is 9.59 Å². The molecular weight excluding hydrogens is 428 g/mol. The van der Waals surface area contributed by atoms with Crippen LogP contribution in [0.1, 0.15) is 60.2 Å². The van der Waals surface area contributed by atoms with Crippen LogP contribution in [0.3, 0.4) is 0 Å². The summed E-state index contributed by atoms with van der Waals surface area (Å²) in [6, 6.07) is 16.8. The van der Waals surface area contributed by atoms with Crippen molar-refractivity contribution in [3.63, 3.8) is 0 Å². The topological polar surface area (TPSA) is 130 Å². The van der Waals surface area contributed by atoms with Gasteiger partial charge in [-0.2, -0.15) is 0 Å². The van der Waals surface area contributed by atoms with E-state index in [1.807, 2.05) is 6.92 Å². The maximum atomic E-state index is 11.3. The van der Waals surface area contributed by atoms with Gasteiger partial charge in [0.1, 0.15) is 12.7 Å². The molecule has 0 heterocycles. The largest absolute Gasteiger partial charge is 0.478 e. The maximum absolute atomic E-state index is 11.3. The number of aliphatic hydroxyl groups excluding tert-OH is 2. The Morgan fingerprint density at radius 2 is 1.39 bits per heavy atom. The molecular formula is C25H34O8. The van der Waals surface area contributed by atoms with Crippen LogP contribution in [-0.2, 0) is 14.3 Å². The average molecular weight is 463 g/mol. The first kappa shape index (κ1) is 29.8. The lowest BCUT2D eigenvalue weighted by Gasteiger charge is -2.07. The Morgan fingerprint density at radius 3 is 1.82 bits per heavy atom. The molecule has 0 aliphatic carbocycles. The van der Waals surface area contributed by atoms with E-state index in [1.54, 1.807) is 60.7 Å². The minimum absolute atomic E-state index is 0.0593. The first-order chi connectivity index (χ1) is 15.8. The number of hydrogen-bond donors (Lipinski definition) is 3. The molecule has 0 spiro atoms. The van der Waals surface area contributed by atoms with Crippen LogP contribution >= 0.6 is 0 Å². The highest BCUT2D eigenvalue weighted by Crippen LogP contribution is 2.01. The van der Waals surface area contributed by atoms with Gasteiger partial charge in [0.2, 0.25) is 0 Å². The molecule has 2 aromatic carbocycles. The second-order valence-electron chi connectivity index (χ2n) is 6.73. The summed E-state index contributed by atoms with van der Waals surface area (Å²) < 4.78 is 9.48. The molecule has 3 N–H and O–H groups in total. The summed E-state index contributed by atoms with van der Waals surface area (Å²) in [6.07, 6.45) is 2.82. The molecule has 182 valence electrons. The van der Waals surface area contributed by atoms with Gasteiger partial charge in [0.05, 0.1) is 24.3 Å². The predicted molar refractivity (Wildman–Crippen MR) is 124 cm³/mol. The highest BCUT2D eigenvalue weighted by Gasteiger charge is 2.09. The highest BCUT2D eigenvalue weighted by molar-refractivity contribution is 5.89. The van der Waals surface area contributed by atoms with Gasteiger partial charge in [-0.15, -0.1) is 0 Å². The first-order valence-corrected chi connectivity index (χ1v) is 10.8. The Bertz CT molecular complexity index is 778. The molecule has 33 heavy (non-hydrogen) atoms. The molecule has 0 fully saturated rings. The SMILES string of the molecule is CCCCCC(=O)OCC.O=C(O)c1ccccc1.O=C(OCC(O)CO)c1ccccc1. The van der Waals surface area contributed by atoms with Gasteiger partial charge in [0.25, 0.3) is 0 Å². The normalized spacial score (nSPS) is 10.4. The number of carbonyl (C=O) groups is 3. The zero-order valence-corrected chi connectivity index (χ0v) is 19.2. The van der Waals surface area contributed by atoms with Gasteiger partial charge >= 0.3 is 17.9 Å². The van der Waals surface area contributed by atoms with Crippen molar-refractivity contribution in [2.75, 3.05) is 19.8 Å². The Balaban J connectivity index is 0.000000481. The van der Waals surface area contributed by atoms with Crippen LogP contribution in [0.2, 0.25) is 0 Å². The van der Waals surface area contributed by atoms with Crippen molar-refractivity contribution in [3.05, 3.63) is 71.8 Å². The van der Waals surface area contributed by atoms with Crippen molar-refractivity contribution in [2.24, 2.45) is 0 Å². The molecule has 0 aliphatic rings. The number of carboxylic acid groups (broad SMARTS) is 1. The zero-order chi connectivity index (χ0) is 24.9. The fourth-order valence-electron chi connectivity index (χ4n) is 2.22. The molecule has 0 bridgehead atoms. The summed E-state index contributed by atoms with van der Waals surface area (Å²) >= 11 is 0. The lowest BCUT2D eigenvalue weighted by atomic mass is 10.2. The Morgan fingerprint density at radius 1 is 0.848 bits per heavy atom. The number of benzene rings is 2. The second kappa shape index (κ2) is 19.5. The molecule has 0 aromatic heterocycles. The quantitative estimate of drug-likeness (QED) is 0.360. The van der Waals surface area contributed by atoms with E-state index in [9.17, 15) is 14.4 Å². The second-order valence-corrected chi connectivity index (χ2v) is 6.73. The smallest absolute Gasteiger partial charge is 0.338 e. The summed E-state index contributed by atoms with van der Waals surface area (Å²) in [7, 11) is 0. The van der Waals surface area contributed by atoms with Crippen LogP contribution in [0.15, 0.2) is 60.7 Å². The number of rotatable bonds is 10. The molecule has 1 unspecified atom stereocenters. The van der Waals surface area contributed by atoms with Crippen LogP contribution in [0.5, 0.6) is 0 Å². The van der Waals surface area contributed by atoms with E-state index in [1.165, 1.54) is 0 Å². The highest BCUT2D eigenvalue weighted by atomic mass is 16.5. The number of esters is 2. The fourth-order valence-corrected chi connectivity index (χ4v) is 2.22. The van der Waals surface area contributed by atoms with Gasteiger partial charge in [0, 0.05) is 6.42 Å². The van der Waals surface area contributed by atoms with Gasteiger partial charge in [-0.1, -0.05) is 56.2 Å². The summed E-state index contributed by atoms with van der Waals surface area (Å²) in [5.74, 6) is -1.44. The molecule has 0 radical (unpaired) electrons. The van der Waals surface area contributed by atoms with E-state index in [2.05, 4.69) is 6.92 Å². The third-order valence-corrected chi connectivity index (χ3v) is 3.94. The third kappa shape index (κ3) is 16.1. The number of hydrogen-bond acceptors (Lipinski definition) is 7. The molecule has 2 rings (SSSR count). The Labute approximate surface area is 194 Å². The van der Waals surface area contributed by atoms with E-state index < -0.39 is 24.6 Å². The van der Waals surface area contributed by atoms with Crippen molar-refractivity contribution in [1.29, 1.82) is 0 Å². The van der Waals surface area contributed by atoms with Crippen LogP contribution in [0, 0.1) is 0 Å². The van der Waals surface area contributed by atoms with E-state index in [0.29, 0.717) is 24.2 Å². The van der Waals surface area contributed by atoms with Crippen molar-refractivity contribution in [1.82, 2.24) is 0 Å². The summed E-state index contributed by atoms with van der Waals surface area (Å²) in [6.45, 7) is 3.85. The minimum Gasteiger partial charge on any atom is -0.478 e. The third-order valence-electron chi connectivity index (χ3n) is 3.94. The number of carbonyl (C=O) groups excluding carboxylic acids is 2. The summed E-state index contributed by atoms with van der Waals surface area (Å²) in [4.78, 5) is 32.1. The zero-order valence-electron chi connectivity index (χ0n) is 19.2. The van der Waals surface area contributed by atoms with Gasteiger partial charge in [-0.3, -0.25) is 4.79 Å². The number of ether oxygens (including phenoxy) is 2. The molecule has 0 saturated carbocycles. The van der Waals surface area contributed by atoms with Crippen LogP contribution in [0.25, 0.3) is 0 Å². The lowest BCUT2D eigenvalue weighted by molar-refractivity contribution is -0.143. The van der Waals surface area contributed by atoms with Crippen LogP contribution < -0.4 is 0 Å². The monoisotopic (exact) mass is 462 g/mol. The molecule has 2 aromatic rings. The minimum atomic E-state index is -1.01. The van der Waals surface area contributed by atoms with Crippen molar-refractivity contribution < 1.29 is 39.2 Å². The molecule has 8 heteroatoms. The number of aliphatic hydroxyl groups is 2. The molecule has 1 atom stereocenters. The van der Waals surface area contributed by atoms with Gasteiger partial charge < -0.3 is 24.8 Å². The van der Waals surface area contributed by atoms with E-state index in [0.717, 1.165) is 19.3 Å². The summed E-state index contributed by atoms with van der Waals surface area (Å²) in [5.41, 5.74) is 0.759. The van der Waals surface area contributed by atoms with E-state index in [4.69, 9.17) is 24.8 Å². The van der Waals surface area contributed by atoms with Gasteiger partial charge in [-0.05, 0) is 37.6 Å². The van der Waals surface area contributed by atoms with E-state index >= 15 is 0 Å². The Kier molecular flexibility index (Phi) is 17.6. The van der Waals surface area contributed by atoms with Gasteiger partial charge in [0.15, 0.2) is 0 Å². The lowest BCUT2D eigenvalue weighted by Crippen LogP contribution is -2.21. The molecule has 0 amide bonds. The standard InChI is InChI=1S/C10H12O4.C8H16O2.C7H6O2/c11-6-9(12)7-14-10(13)8-4-2-1-3-5-8;1-3-5-6-7-8(9)10-4-2;8-7(9)6-4-2-1-3-5-6/h1-5,9,11-12H,6-7H2;3-7H2,1-2H3;1-5H,(H,8,9). The van der Waals surface area contributed by atoms with E-state index in [-0.39, 0.29) is 12.6 Å². The number of carboxylic acids is 1. The van der Waals surface area contributed by atoms with Crippen LogP contribution in [0.4, 0.5) is 0 Å². The molecule has 0 aliphatic heterocycles. The predicted octanol–water partition coefficient (Wildman–Crippen LogP) is 3.71. The number of unbranched alkanes of at least 4 members (excludes halogenated alkanes) is 2. The molecule has 8 nitrogen and oxygen atoms in total. The summed E-state index contributed by atoms with van der Waals surface area (Å²) in [5, 5.41) is 25.8. The first-order valence-electron chi connectivity index (χ1n) is 10.8. The van der Waals surface area contributed by atoms with Crippen LogP contribution in [-0.4, -0.2) is 59.2 Å². The average Bonchev–Trinajstić information content (AvgIpc) is 2.84. The van der Waals surface area contributed by atoms with Crippen molar-refractivity contribution in [2.45, 2.75) is 45.6 Å². The van der Waals surface area contributed by atoms with Crippen molar-refractivity contribution in [3.8, 4) is 0 Å².